The summed E-state index contributed by atoms with van der Waals surface area (Å²) < 4.78 is 1.81. The van der Waals surface area contributed by atoms with Gasteiger partial charge in [-0.2, -0.15) is 5.10 Å². The molecular weight excluding hydrogens is 300 g/mol. The number of aromatic nitrogens is 3. The number of pyridine rings is 1. The number of nitrogens with one attached hydrogen (secondary N) is 1. The summed E-state index contributed by atoms with van der Waals surface area (Å²) in [4.78, 5) is 16.2. The van der Waals surface area contributed by atoms with Gasteiger partial charge < -0.3 is 5.32 Å². The predicted molar refractivity (Wildman–Crippen MR) is 94.1 cm³/mol. The summed E-state index contributed by atoms with van der Waals surface area (Å²) >= 11 is 0. The molecule has 1 amide bonds. The van der Waals surface area contributed by atoms with E-state index in [0.29, 0.717) is 12.1 Å². The lowest BCUT2D eigenvalue weighted by Gasteiger charge is -2.03. The molecule has 3 rings (SSSR count). The number of carbonyl (C=O) groups is 1. The molecule has 5 heteroatoms. The van der Waals surface area contributed by atoms with Crippen LogP contribution in [0.25, 0.3) is 16.9 Å². The van der Waals surface area contributed by atoms with E-state index < -0.39 is 0 Å². The first-order valence-corrected chi connectivity index (χ1v) is 7.64. The quantitative estimate of drug-likeness (QED) is 0.735. The van der Waals surface area contributed by atoms with Gasteiger partial charge in [0.05, 0.1) is 23.1 Å². The van der Waals surface area contributed by atoms with Gasteiger partial charge in [0.15, 0.2) is 0 Å². The molecule has 120 valence electrons. The molecule has 0 aliphatic rings. The number of hydrogen-bond donors (Lipinski definition) is 1. The van der Waals surface area contributed by atoms with Crippen molar-refractivity contribution in [2.75, 3.05) is 6.54 Å². The van der Waals surface area contributed by atoms with Crippen LogP contribution < -0.4 is 5.32 Å². The van der Waals surface area contributed by atoms with Crippen molar-refractivity contribution in [3.63, 3.8) is 0 Å². The zero-order valence-electron chi connectivity index (χ0n) is 13.4. The van der Waals surface area contributed by atoms with Gasteiger partial charge in [0.25, 0.3) is 5.91 Å². The maximum absolute atomic E-state index is 11.9. The maximum atomic E-state index is 11.9. The molecule has 5 nitrogen and oxygen atoms in total. The highest BCUT2D eigenvalue weighted by molar-refractivity contribution is 5.94. The van der Waals surface area contributed by atoms with E-state index in [1.54, 1.807) is 29.2 Å². The first kappa shape index (κ1) is 15.7. The van der Waals surface area contributed by atoms with Gasteiger partial charge in [-0.05, 0) is 31.2 Å². The zero-order chi connectivity index (χ0) is 16.9. The second kappa shape index (κ2) is 6.91. The minimum Gasteiger partial charge on any atom is -0.349 e. The van der Waals surface area contributed by atoms with Gasteiger partial charge in [-0.25, -0.2) is 4.68 Å². The molecule has 1 N–H and O–H groups in total. The Hall–Kier alpha value is -3.21. The van der Waals surface area contributed by atoms with E-state index in [-0.39, 0.29) is 5.91 Å². The van der Waals surface area contributed by atoms with Gasteiger partial charge in [0.2, 0.25) is 0 Å². The maximum Gasteiger partial charge on any atom is 0.253 e. The lowest BCUT2D eigenvalue weighted by molar-refractivity contribution is 0.0957. The van der Waals surface area contributed by atoms with Crippen molar-refractivity contribution in [3.05, 3.63) is 78.8 Å². The van der Waals surface area contributed by atoms with Gasteiger partial charge in [-0.15, -0.1) is 6.58 Å². The van der Waals surface area contributed by atoms with Crippen LogP contribution in [0.15, 0.2) is 67.6 Å². The summed E-state index contributed by atoms with van der Waals surface area (Å²) in [5.41, 5.74) is 4.39. The van der Waals surface area contributed by atoms with E-state index in [0.717, 1.165) is 16.9 Å². The van der Waals surface area contributed by atoms with E-state index in [2.05, 4.69) is 28.9 Å². The highest BCUT2D eigenvalue weighted by Crippen LogP contribution is 2.18. The third-order valence-electron chi connectivity index (χ3n) is 3.61. The van der Waals surface area contributed by atoms with Gasteiger partial charge in [0, 0.05) is 24.5 Å². The number of aryl methyl sites for hydroxylation is 1. The molecule has 0 saturated carbocycles. The molecule has 0 radical (unpaired) electrons. The molecule has 1 aromatic carbocycles. The summed E-state index contributed by atoms with van der Waals surface area (Å²) in [6.45, 7) is 6.06. The van der Waals surface area contributed by atoms with Crippen LogP contribution in [0.5, 0.6) is 0 Å². The molecule has 0 saturated heterocycles. The molecule has 0 aliphatic heterocycles. The van der Waals surface area contributed by atoms with E-state index in [4.69, 9.17) is 0 Å². The monoisotopic (exact) mass is 318 g/mol. The van der Waals surface area contributed by atoms with Crippen molar-refractivity contribution in [1.82, 2.24) is 20.1 Å². The lowest BCUT2D eigenvalue weighted by Crippen LogP contribution is -2.23. The number of nitrogens with zero attached hydrogens (tertiary/aromatic N) is 3. The second-order valence-electron chi connectivity index (χ2n) is 5.44. The molecule has 24 heavy (non-hydrogen) atoms. The summed E-state index contributed by atoms with van der Waals surface area (Å²) in [6.07, 6.45) is 6.89. The average molecular weight is 318 g/mol. The first-order chi connectivity index (χ1) is 11.7. The topological polar surface area (TPSA) is 59.8 Å². The third-order valence-corrected chi connectivity index (χ3v) is 3.61. The first-order valence-electron chi connectivity index (χ1n) is 7.64. The number of rotatable bonds is 5. The molecule has 0 fully saturated rings. The minimum atomic E-state index is -0.163. The van der Waals surface area contributed by atoms with Crippen molar-refractivity contribution in [3.8, 4) is 16.9 Å². The largest absolute Gasteiger partial charge is 0.349 e. The molecule has 0 atom stereocenters. The van der Waals surface area contributed by atoms with E-state index in [1.165, 1.54) is 5.56 Å². The molecule has 0 bridgehead atoms. The summed E-state index contributed by atoms with van der Waals surface area (Å²) in [7, 11) is 0. The highest BCUT2D eigenvalue weighted by atomic mass is 16.1. The summed E-state index contributed by atoms with van der Waals surface area (Å²) in [5, 5.41) is 7.10. The highest BCUT2D eigenvalue weighted by Gasteiger charge is 2.08. The van der Waals surface area contributed by atoms with Crippen LogP contribution in [0, 0.1) is 6.92 Å². The zero-order valence-corrected chi connectivity index (χ0v) is 13.4. The Kier molecular flexibility index (Phi) is 4.52. The Morgan fingerprint density at radius 3 is 2.67 bits per heavy atom. The van der Waals surface area contributed by atoms with E-state index >= 15 is 0 Å². The van der Waals surface area contributed by atoms with Crippen LogP contribution in [0.1, 0.15) is 15.9 Å². The minimum absolute atomic E-state index is 0.163. The Bertz CT molecular complexity index is 848. The Balaban J connectivity index is 1.79. The average Bonchev–Trinajstić information content (AvgIpc) is 3.10. The van der Waals surface area contributed by atoms with Crippen molar-refractivity contribution in [2.24, 2.45) is 0 Å². The molecule has 2 heterocycles. The van der Waals surface area contributed by atoms with Gasteiger partial charge in [-0.3, -0.25) is 9.78 Å². The van der Waals surface area contributed by atoms with Crippen molar-refractivity contribution < 1.29 is 4.79 Å². The third kappa shape index (κ3) is 3.41. The van der Waals surface area contributed by atoms with Gasteiger partial charge in [0.1, 0.15) is 0 Å². The normalized spacial score (nSPS) is 10.4. The second-order valence-corrected chi connectivity index (χ2v) is 5.44. The van der Waals surface area contributed by atoms with Crippen molar-refractivity contribution in [2.45, 2.75) is 6.92 Å². The van der Waals surface area contributed by atoms with Crippen LogP contribution in [0.2, 0.25) is 0 Å². The van der Waals surface area contributed by atoms with Crippen LogP contribution in [0.4, 0.5) is 0 Å². The van der Waals surface area contributed by atoms with E-state index in [9.17, 15) is 4.79 Å². The fourth-order valence-corrected chi connectivity index (χ4v) is 2.26. The molecule has 0 spiro atoms. The van der Waals surface area contributed by atoms with Crippen LogP contribution >= 0.6 is 0 Å². The standard InChI is InChI=1S/C19H18N4O/c1-3-10-20-19(24)15-6-9-18(21-11-15)16-12-22-23(13-16)17-7-4-14(2)5-8-17/h3-9,11-13H,1,10H2,2H3,(H,20,24). The molecular formula is C19H18N4O. The lowest BCUT2D eigenvalue weighted by atomic mass is 10.2. The number of benzene rings is 1. The van der Waals surface area contributed by atoms with Gasteiger partial charge >= 0.3 is 0 Å². The summed E-state index contributed by atoms with van der Waals surface area (Å²) in [6, 6.07) is 11.7. The number of amides is 1. The fourth-order valence-electron chi connectivity index (χ4n) is 2.26. The van der Waals surface area contributed by atoms with Crippen molar-refractivity contribution >= 4 is 5.91 Å². The molecule has 2 aromatic heterocycles. The van der Waals surface area contributed by atoms with Crippen LogP contribution in [-0.4, -0.2) is 27.2 Å². The fraction of sp³-hybridized carbons (Fsp3) is 0.105. The Labute approximate surface area is 140 Å². The number of hydrogen-bond acceptors (Lipinski definition) is 3. The van der Waals surface area contributed by atoms with Crippen molar-refractivity contribution in [1.29, 1.82) is 0 Å². The molecule has 3 aromatic rings. The molecule has 0 unspecified atom stereocenters. The van der Waals surface area contributed by atoms with Gasteiger partial charge in [-0.1, -0.05) is 23.8 Å². The van der Waals surface area contributed by atoms with E-state index in [1.807, 2.05) is 36.5 Å². The van der Waals surface area contributed by atoms with Crippen LogP contribution in [0.3, 0.4) is 0 Å². The van der Waals surface area contributed by atoms with Crippen LogP contribution in [-0.2, 0) is 0 Å². The smallest absolute Gasteiger partial charge is 0.253 e. The summed E-state index contributed by atoms with van der Waals surface area (Å²) in [5.74, 6) is -0.163. The Morgan fingerprint density at radius 1 is 1.21 bits per heavy atom. The Morgan fingerprint density at radius 2 is 2.00 bits per heavy atom. The SMILES string of the molecule is C=CCNC(=O)c1ccc(-c2cnn(-c3ccc(C)cc3)c2)nc1. The predicted octanol–water partition coefficient (Wildman–Crippen LogP) is 3.16. The molecule has 0 aliphatic carbocycles. The number of carbonyl (C=O) groups excluding carboxylic acids is 1.